The summed E-state index contributed by atoms with van der Waals surface area (Å²) in [5, 5.41) is 11.7. The van der Waals surface area contributed by atoms with E-state index in [1.807, 2.05) is 19.0 Å². The molecule has 5 nitrogen and oxygen atoms in total. The van der Waals surface area contributed by atoms with Crippen molar-refractivity contribution in [3.63, 3.8) is 0 Å². The molecule has 0 atom stereocenters. The number of carbonyl (C=O) groups excluding carboxylic acids is 1. The lowest BCUT2D eigenvalue weighted by Gasteiger charge is -2.13. The fourth-order valence-corrected chi connectivity index (χ4v) is 1.54. The van der Waals surface area contributed by atoms with Crippen LogP contribution < -0.4 is 5.32 Å². The van der Waals surface area contributed by atoms with Crippen LogP contribution in [0.1, 0.15) is 22.3 Å². The Balaban J connectivity index is 2.83. The van der Waals surface area contributed by atoms with Crippen molar-refractivity contribution < 1.29 is 14.7 Å². The molecule has 5 heteroatoms. The van der Waals surface area contributed by atoms with Gasteiger partial charge in [-0.3, -0.25) is 4.79 Å². The minimum absolute atomic E-state index is 0.119. The van der Waals surface area contributed by atoms with E-state index in [0.29, 0.717) is 18.7 Å². The zero-order valence-electron chi connectivity index (χ0n) is 10.9. The van der Waals surface area contributed by atoms with Crippen molar-refractivity contribution >= 4 is 17.6 Å². The number of benzene rings is 1. The molecule has 2 N–H and O–H groups in total. The van der Waals surface area contributed by atoms with E-state index in [1.54, 1.807) is 19.1 Å². The number of para-hydroxylation sites is 1. The Bertz CT molecular complexity index is 456. The van der Waals surface area contributed by atoms with Gasteiger partial charge < -0.3 is 15.3 Å². The van der Waals surface area contributed by atoms with Gasteiger partial charge in [0.1, 0.15) is 0 Å². The summed E-state index contributed by atoms with van der Waals surface area (Å²) in [6, 6.07) is 4.92. The number of anilines is 1. The Morgan fingerprint density at radius 2 is 2.00 bits per heavy atom. The summed E-state index contributed by atoms with van der Waals surface area (Å²) in [5.41, 5.74) is 1.25. The van der Waals surface area contributed by atoms with E-state index in [1.165, 1.54) is 6.07 Å². The number of aryl methyl sites for hydroxylation is 1. The molecule has 18 heavy (non-hydrogen) atoms. The fourth-order valence-electron chi connectivity index (χ4n) is 1.54. The highest BCUT2D eigenvalue weighted by atomic mass is 16.4. The molecule has 0 aliphatic heterocycles. The van der Waals surface area contributed by atoms with Gasteiger partial charge in [0.15, 0.2) is 0 Å². The highest BCUT2D eigenvalue weighted by Crippen LogP contribution is 2.20. The van der Waals surface area contributed by atoms with Gasteiger partial charge in [-0.25, -0.2) is 4.79 Å². The number of hydrogen-bond acceptors (Lipinski definition) is 3. The van der Waals surface area contributed by atoms with E-state index in [-0.39, 0.29) is 11.5 Å². The van der Waals surface area contributed by atoms with Crippen LogP contribution in [0.15, 0.2) is 18.2 Å². The molecule has 1 rings (SSSR count). The second-order valence-corrected chi connectivity index (χ2v) is 4.40. The van der Waals surface area contributed by atoms with Crippen LogP contribution in [-0.2, 0) is 4.79 Å². The summed E-state index contributed by atoms with van der Waals surface area (Å²) in [6.45, 7) is 2.40. The maximum absolute atomic E-state index is 11.7. The first-order valence-electron chi connectivity index (χ1n) is 5.69. The zero-order valence-corrected chi connectivity index (χ0v) is 10.9. The van der Waals surface area contributed by atoms with Crippen LogP contribution in [-0.4, -0.2) is 42.5 Å². The Morgan fingerprint density at radius 3 is 2.56 bits per heavy atom. The molecule has 0 aliphatic carbocycles. The molecule has 0 saturated carbocycles. The van der Waals surface area contributed by atoms with Crippen molar-refractivity contribution in [2.75, 3.05) is 26.0 Å². The first-order valence-corrected chi connectivity index (χ1v) is 5.69. The van der Waals surface area contributed by atoms with E-state index in [4.69, 9.17) is 5.11 Å². The SMILES string of the molecule is Cc1cccc(C(=O)O)c1NC(=O)CCN(C)C. The molecule has 0 aliphatic rings. The van der Waals surface area contributed by atoms with E-state index in [2.05, 4.69) is 5.32 Å². The van der Waals surface area contributed by atoms with Crippen molar-refractivity contribution in [1.82, 2.24) is 4.90 Å². The third-order valence-corrected chi connectivity index (χ3v) is 2.55. The van der Waals surface area contributed by atoms with E-state index < -0.39 is 5.97 Å². The summed E-state index contributed by atoms with van der Waals surface area (Å²) in [7, 11) is 3.76. The molecule has 0 heterocycles. The fraction of sp³-hybridized carbons (Fsp3) is 0.385. The van der Waals surface area contributed by atoms with Gasteiger partial charge >= 0.3 is 5.97 Å². The van der Waals surface area contributed by atoms with E-state index in [0.717, 1.165) is 5.56 Å². The van der Waals surface area contributed by atoms with Crippen LogP contribution in [0.2, 0.25) is 0 Å². The number of carboxylic acids is 1. The van der Waals surface area contributed by atoms with Crippen LogP contribution in [0.4, 0.5) is 5.69 Å². The first kappa shape index (κ1) is 14.2. The molecular formula is C13H18N2O3. The van der Waals surface area contributed by atoms with Gasteiger partial charge in [0.2, 0.25) is 5.91 Å². The number of nitrogens with zero attached hydrogens (tertiary/aromatic N) is 1. The predicted octanol–water partition coefficient (Wildman–Crippen LogP) is 1.58. The lowest BCUT2D eigenvalue weighted by Crippen LogP contribution is -2.22. The van der Waals surface area contributed by atoms with Gasteiger partial charge in [-0.1, -0.05) is 12.1 Å². The Morgan fingerprint density at radius 1 is 1.33 bits per heavy atom. The predicted molar refractivity (Wildman–Crippen MR) is 69.9 cm³/mol. The topological polar surface area (TPSA) is 69.6 Å². The van der Waals surface area contributed by atoms with Crippen molar-refractivity contribution in [1.29, 1.82) is 0 Å². The van der Waals surface area contributed by atoms with Crippen LogP contribution in [0.3, 0.4) is 0 Å². The largest absolute Gasteiger partial charge is 0.478 e. The third kappa shape index (κ3) is 3.85. The van der Waals surface area contributed by atoms with E-state index >= 15 is 0 Å². The maximum Gasteiger partial charge on any atom is 0.337 e. The average molecular weight is 250 g/mol. The van der Waals surface area contributed by atoms with E-state index in [9.17, 15) is 9.59 Å². The monoisotopic (exact) mass is 250 g/mol. The van der Waals surface area contributed by atoms with Crippen LogP contribution >= 0.6 is 0 Å². The third-order valence-electron chi connectivity index (χ3n) is 2.55. The number of hydrogen-bond donors (Lipinski definition) is 2. The number of amides is 1. The Labute approximate surface area is 106 Å². The number of carbonyl (C=O) groups is 2. The normalized spacial score (nSPS) is 10.4. The Hall–Kier alpha value is -1.88. The highest BCUT2D eigenvalue weighted by molar-refractivity contribution is 6.01. The second kappa shape index (κ2) is 6.16. The summed E-state index contributed by atoms with van der Waals surface area (Å²) in [5.74, 6) is -1.22. The molecule has 0 radical (unpaired) electrons. The molecule has 1 aromatic rings. The molecule has 0 bridgehead atoms. The molecule has 0 saturated heterocycles. The molecule has 1 aromatic carbocycles. The zero-order chi connectivity index (χ0) is 13.7. The summed E-state index contributed by atoms with van der Waals surface area (Å²) in [6.07, 6.45) is 0.334. The van der Waals surface area contributed by atoms with Gasteiger partial charge in [0, 0.05) is 13.0 Å². The quantitative estimate of drug-likeness (QED) is 0.832. The smallest absolute Gasteiger partial charge is 0.337 e. The summed E-state index contributed by atoms with van der Waals surface area (Å²) >= 11 is 0. The summed E-state index contributed by atoms with van der Waals surface area (Å²) < 4.78 is 0. The molecule has 0 spiro atoms. The average Bonchev–Trinajstić information content (AvgIpc) is 2.28. The second-order valence-electron chi connectivity index (χ2n) is 4.40. The molecule has 1 amide bonds. The van der Waals surface area contributed by atoms with Crippen molar-refractivity contribution in [3.05, 3.63) is 29.3 Å². The minimum atomic E-state index is -1.04. The van der Waals surface area contributed by atoms with Gasteiger partial charge in [0.05, 0.1) is 11.3 Å². The van der Waals surface area contributed by atoms with Crippen molar-refractivity contribution in [2.24, 2.45) is 0 Å². The minimum Gasteiger partial charge on any atom is -0.478 e. The standard InChI is InChI=1S/C13H18N2O3/c1-9-5-4-6-10(13(17)18)12(9)14-11(16)7-8-15(2)3/h4-6H,7-8H2,1-3H3,(H,14,16)(H,17,18). The van der Waals surface area contributed by atoms with Crippen LogP contribution in [0.5, 0.6) is 0 Å². The lowest BCUT2D eigenvalue weighted by molar-refractivity contribution is -0.116. The molecule has 0 aromatic heterocycles. The molecule has 0 fully saturated rings. The first-order chi connectivity index (χ1) is 8.41. The van der Waals surface area contributed by atoms with Gasteiger partial charge in [-0.05, 0) is 32.6 Å². The van der Waals surface area contributed by atoms with Gasteiger partial charge in [0.25, 0.3) is 0 Å². The highest BCUT2D eigenvalue weighted by Gasteiger charge is 2.14. The number of carboxylic acid groups (broad SMARTS) is 1. The number of rotatable bonds is 5. The van der Waals surface area contributed by atoms with Crippen molar-refractivity contribution in [3.8, 4) is 0 Å². The summed E-state index contributed by atoms with van der Waals surface area (Å²) in [4.78, 5) is 24.7. The van der Waals surface area contributed by atoms with Crippen LogP contribution in [0, 0.1) is 6.92 Å². The number of aromatic carboxylic acids is 1. The molecule has 0 unspecified atom stereocenters. The van der Waals surface area contributed by atoms with Crippen molar-refractivity contribution in [2.45, 2.75) is 13.3 Å². The van der Waals surface area contributed by atoms with Gasteiger partial charge in [-0.15, -0.1) is 0 Å². The maximum atomic E-state index is 11.7. The molecular weight excluding hydrogens is 232 g/mol. The lowest BCUT2D eigenvalue weighted by atomic mass is 10.1. The van der Waals surface area contributed by atoms with Gasteiger partial charge in [-0.2, -0.15) is 0 Å². The number of nitrogens with one attached hydrogen (secondary N) is 1. The Kier molecular flexibility index (Phi) is 4.85. The molecule has 98 valence electrons. The van der Waals surface area contributed by atoms with Crippen LogP contribution in [0.25, 0.3) is 0 Å².